The molecule has 4 rings (SSSR count). The molecule has 2 atom stereocenters. The van der Waals surface area contributed by atoms with Crippen LogP contribution in [0, 0.1) is 6.57 Å². The topological polar surface area (TPSA) is 68.8 Å². The molecule has 2 aromatic rings. The number of piperidine rings is 1. The second kappa shape index (κ2) is 7.84. The van der Waals surface area contributed by atoms with E-state index in [1.165, 1.54) is 16.7 Å². The van der Waals surface area contributed by atoms with Crippen LogP contribution in [0.4, 0.5) is 5.00 Å². The van der Waals surface area contributed by atoms with Crippen LogP contribution in [0.25, 0.3) is 4.85 Å². The SMILES string of the molecule is [C-]#[N+]c1cc2c(s1)[C@]1(CCN(Cc3cnn(CCS(C)(=O)=O)c3)[C@@H](C)C1)OCC2. The number of aryl methyl sites for hydroxylation is 1. The van der Waals surface area contributed by atoms with Crippen molar-refractivity contribution < 1.29 is 13.2 Å². The molecule has 1 saturated heterocycles. The molecule has 9 heteroatoms. The lowest BCUT2D eigenvalue weighted by Gasteiger charge is -2.47. The Kier molecular flexibility index (Phi) is 5.55. The number of rotatable bonds is 5. The minimum atomic E-state index is -2.99. The number of sulfone groups is 1. The summed E-state index contributed by atoms with van der Waals surface area (Å²) in [5.74, 6) is 0.101. The maximum absolute atomic E-state index is 11.4. The normalized spacial score (nSPS) is 25.1. The van der Waals surface area contributed by atoms with Crippen LogP contribution in [0.15, 0.2) is 18.5 Å². The average molecular weight is 435 g/mol. The molecule has 156 valence electrons. The Labute approximate surface area is 176 Å². The zero-order chi connectivity index (χ0) is 20.6. The van der Waals surface area contributed by atoms with E-state index in [1.54, 1.807) is 16.0 Å². The maximum Gasteiger partial charge on any atom is 0.241 e. The summed E-state index contributed by atoms with van der Waals surface area (Å²) in [7, 11) is -2.99. The summed E-state index contributed by atoms with van der Waals surface area (Å²) in [6.07, 6.45) is 7.75. The highest BCUT2D eigenvalue weighted by atomic mass is 32.2. The lowest BCUT2D eigenvalue weighted by molar-refractivity contribution is -0.110. The van der Waals surface area contributed by atoms with Gasteiger partial charge in [-0.2, -0.15) is 16.4 Å². The van der Waals surface area contributed by atoms with Gasteiger partial charge in [-0.15, -0.1) is 0 Å². The minimum Gasteiger partial charge on any atom is -0.369 e. The van der Waals surface area contributed by atoms with Crippen LogP contribution in [0.1, 0.15) is 35.8 Å². The van der Waals surface area contributed by atoms with Crippen molar-refractivity contribution in [3.05, 3.63) is 45.9 Å². The molecule has 2 aliphatic heterocycles. The van der Waals surface area contributed by atoms with E-state index < -0.39 is 9.84 Å². The van der Waals surface area contributed by atoms with Gasteiger partial charge in [-0.1, -0.05) is 0 Å². The molecule has 1 spiro atoms. The molecular weight excluding hydrogens is 408 g/mol. The van der Waals surface area contributed by atoms with E-state index in [9.17, 15) is 8.42 Å². The smallest absolute Gasteiger partial charge is 0.241 e. The van der Waals surface area contributed by atoms with Crippen LogP contribution >= 0.6 is 11.3 Å². The molecule has 0 aromatic carbocycles. The zero-order valence-corrected chi connectivity index (χ0v) is 18.4. The standard InChI is InChI=1S/C20H26N4O3S2/c1-15-11-20(19-17(4-8-27-20)10-18(21-2)28-19)5-6-23(15)13-16-12-22-24(14-16)7-9-29(3,25)26/h10,12,14-15H,4-9,11,13H2,1,3H3/t15-,20+/m0/s1. The molecule has 29 heavy (non-hydrogen) atoms. The Morgan fingerprint density at radius 1 is 1.48 bits per heavy atom. The third-order valence-electron chi connectivity index (χ3n) is 5.88. The second-order valence-corrected chi connectivity index (χ2v) is 11.4. The zero-order valence-electron chi connectivity index (χ0n) is 16.8. The van der Waals surface area contributed by atoms with Crippen LogP contribution in [0.3, 0.4) is 0 Å². The van der Waals surface area contributed by atoms with Crippen LogP contribution in [0.2, 0.25) is 0 Å². The Balaban J connectivity index is 1.43. The van der Waals surface area contributed by atoms with Gasteiger partial charge in [-0.25, -0.2) is 13.3 Å². The van der Waals surface area contributed by atoms with Gasteiger partial charge in [0.15, 0.2) is 0 Å². The van der Waals surface area contributed by atoms with Gasteiger partial charge in [0.05, 0.1) is 31.7 Å². The Morgan fingerprint density at radius 3 is 3.03 bits per heavy atom. The number of hydrogen-bond donors (Lipinski definition) is 0. The number of aromatic nitrogens is 2. The molecule has 0 saturated carbocycles. The van der Waals surface area contributed by atoms with E-state index >= 15 is 0 Å². The molecule has 0 radical (unpaired) electrons. The largest absolute Gasteiger partial charge is 0.369 e. The van der Waals surface area contributed by atoms with Gasteiger partial charge in [-0.05, 0) is 37.8 Å². The van der Waals surface area contributed by atoms with Gasteiger partial charge < -0.3 is 4.74 Å². The lowest BCUT2D eigenvalue weighted by atomic mass is 9.82. The third-order valence-corrected chi connectivity index (χ3v) is 8.07. The molecule has 1 fully saturated rings. The van der Waals surface area contributed by atoms with E-state index in [2.05, 4.69) is 21.8 Å². The predicted octanol–water partition coefficient (Wildman–Crippen LogP) is 2.99. The van der Waals surface area contributed by atoms with Crippen LogP contribution in [-0.2, 0) is 39.7 Å². The van der Waals surface area contributed by atoms with Gasteiger partial charge in [0, 0.05) is 42.0 Å². The Hall–Kier alpha value is -1.73. The number of likely N-dealkylation sites (tertiary alicyclic amines) is 1. The molecule has 2 aromatic heterocycles. The van der Waals surface area contributed by atoms with Crippen molar-refractivity contribution in [3.8, 4) is 0 Å². The molecule has 4 heterocycles. The van der Waals surface area contributed by atoms with Crippen molar-refractivity contribution in [3.63, 3.8) is 0 Å². The number of thiophene rings is 1. The number of fused-ring (bicyclic) bond motifs is 2. The molecule has 0 amide bonds. The first-order valence-electron chi connectivity index (χ1n) is 9.86. The fraction of sp³-hybridized carbons (Fsp3) is 0.600. The number of hydrogen-bond acceptors (Lipinski definition) is 6. The molecule has 0 unspecified atom stereocenters. The first-order chi connectivity index (χ1) is 13.8. The molecule has 0 aliphatic carbocycles. The van der Waals surface area contributed by atoms with Gasteiger partial charge in [-0.3, -0.25) is 9.58 Å². The van der Waals surface area contributed by atoms with Gasteiger partial charge in [0.2, 0.25) is 5.00 Å². The molecule has 2 aliphatic rings. The monoisotopic (exact) mass is 434 g/mol. The Bertz CT molecular complexity index is 1040. The highest BCUT2D eigenvalue weighted by Gasteiger charge is 2.44. The summed E-state index contributed by atoms with van der Waals surface area (Å²) in [5.41, 5.74) is 2.13. The van der Waals surface area contributed by atoms with Crippen molar-refractivity contribution >= 4 is 26.2 Å². The van der Waals surface area contributed by atoms with Gasteiger partial charge in [0.1, 0.15) is 15.4 Å². The molecular formula is C20H26N4O3S2. The fourth-order valence-corrected chi connectivity index (χ4v) is 6.09. The van der Waals surface area contributed by atoms with E-state index in [4.69, 9.17) is 11.3 Å². The highest BCUT2D eigenvalue weighted by molar-refractivity contribution is 7.90. The van der Waals surface area contributed by atoms with Gasteiger partial charge in [0.25, 0.3) is 0 Å². The number of ether oxygens (including phenoxy) is 1. The van der Waals surface area contributed by atoms with Crippen molar-refractivity contribution in [2.45, 2.75) is 50.9 Å². The van der Waals surface area contributed by atoms with E-state index in [1.807, 2.05) is 18.5 Å². The van der Waals surface area contributed by atoms with E-state index in [0.29, 0.717) is 12.6 Å². The summed E-state index contributed by atoms with van der Waals surface area (Å²) in [6.45, 7) is 12.4. The second-order valence-electron chi connectivity index (χ2n) is 8.16. The van der Waals surface area contributed by atoms with Crippen LogP contribution < -0.4 is 0 Å². The summed E-state index contributed by atoms with van der Waals surface area (Å²) in [4.78, 5) is 7.33. The molecule has 7 nitrogen and oxygen atoms in total. The van der Waals surface area contributed by atoms with Crippen molar-refractivity contribution in [2.24, 2.45) is 0 Å². The van der Waals surface area contributed by atoms with Crippen molar-refractivity contribution in [2.75, 3.05) is 25.2 Å². The van der Waals surface area contributed by atoms with E-state index in [-0.39, 0.29) is 11.4 Å². The van der Waals surface area contributed by atoms with Crippen LogP contribution in [0.5, 0.6) is 0 Å². The maximum atomic E-state index is 11.4. The minimum absolute atomic E-state index is 0.101. The van der Waals surface area contributed by atoms with Crippen LogP contribution in [-0.4, -0.2) is 54.3 Å². The Morgan fingerprint density at radius 2 is 2.31 bits per heavy atom. The summed E-state index contributed by atoms with van der Waals surface area (Å²) in [6, 6.07) is 2.38. The quantitative estimate of drug-likeness (QED) is 0.677. The first-order valence-corrected chi connectivity index (χ1v) is 12.7. The third kappa shape index (κ3) is 4.40. The lowest BCUT2D eigenvalue weighted by Crippen LogP contribution is -2.49. The molecule has 0 N–H and O–H groups in total. The number of nitrogens with zero attached hydrogens (tertiary/aromatic N) is 4. The van der Waals surface area contributed by atoms with Crippen molar-refractivity contribution in [1.82, 2.24) is 14.7 Å². The van der Waals surface area contributed by atoms with E-state index in [0.717, 1.165) is 49.5 Å². The highest BCUT2D eigenvalue weighted by Crippen LogP contribution is 2.48. The fourth-order valence-electron chi connectivity index (χ4n) is 4.39. The first kappa shape index (κ1) is 20.5. The summed E-state index contributed by atoms with van der Waals surface area (Å²) in [5, 5.41) is 5.07. The summed E-state index contributed by atoms with van der Waals surface area (Å²) >= 11 is 1.60. The van der Waals surface area contributed by atoms with Crippen molar-refractivity contribution in [1.29, 1.82) is 0 Å². The summed E-state index contributed by atoms with van der Waals surface area (Å²) < 4.78 is 30.7. The average Bonchev–Trinajstić information content (AvgIpc) is 3.29. The predicted molar refractivity (Wildman–Crippen MR) is 113 cm³/mol. The molecule has 0 bridgehead atoms. The van der Waals surface area contributed by atoms with Gasteiger partial charge >= 0.3 is 0 Å².